The molecule has 0 aromatic heterocycles. The van der Waals surface area contributed by atoms with Crippen LogP contribution in [-0.2, 0) is 76.8 Å². The van der Waals surface area contributed by atoms with E-state index in [0.717, 1.165) is 12.1 Å². The Morgan fingerprint density at radius 2 is 0.702 bits per heavy atom. The van der Waals surface area contributed by atoms with Gasteiger partial charge in [-0.1, -0.05) is 61.7 Å². The van der Waals surface area contributed by atoms with Crippen LogP contribution in [0.25, 0.3) is 64.6 Å². The topological polar surface area (TPSA) is 357 Å². The first-order valence-electron chi connectivity index (χ1n) is 22.5. The zero-order valence-corrected chi connectivity index (χ0v) is 63.3. The molecule has 0 aliphatic heterocycles. The number of carbonyl (C=O) groups excluding carboxylic acids is 2. The predicted octanol–water partition coefficient (Wildman–Crippen LogP) is -11.5. The Labute approximate surface area is 630 Å². The van der Waals surface area contributed by atoms with Crippen LogP contribution in [0.1, 0.15) is 39.5 Å². The Bertz CT molecular complexity index is 3520. The molecule has 36 heteroatoms. The van der Waals surface area contributed by atoms with Crippen LogP contribution in [0, 0.1) is 0 Å². The molecule has 0 saturated heterocycles. The van der Waals surface area contributed by atoms with E-state index in [2.05, 4.69) is 61.3 Å². The summed E-state index contributed by atoms with van der Waals surface area (Å²) in [4.78, 5) is 23.3. The summed E-state index contributed by atoms with van der Waals surface area (Å²) in [5.41, 5.74) is 1.88. The molecule has 0 fully saturated rings. The summed E-state index contributed by atoms with van der Waals surface area (Å²) < 4.78 is 101. The first kappa shape index (κ1) is 82.6. The van der Waals surface area contributed by atoms with Crippen molar-refractivity contribution in [2.24, 2.45) is 0 Å². The maximum atomic E-state index is 12.2. The zero-order chi connectivity index (χ0) is 56.3. The van der Waals surface area contributed by atoms with Crippen LogP contribution in [-0.4, -0.2) is 64.2 Å². The molecule has 0 saturated carbocycles. The minimum Gasteiger partial charge on any atom is -0.744 e. The smallest absolute Gasteiger partial charge is 0.744 e. The van der Waals surface area contributed by atoms with E-state index in [1.54, 1.807) is 62.4 Å². The molecule has 84 heavy (non-hydrogen) atoms. The van der Waals surface area contributed by atoms with Gasteiger partial charge in [0.25, 0.3) is 0 Å². The average molecular weight is 1330 g/mol. The quantitative estimate of drug-likeness (QED) is 0.00529. The number of nitrogens with one attached hydrogen (secondary N) is 2. The molecule has 0 atom stereocenters. The summed E-state index contributed by atoms with van der Waals surface area (Å²) in [6.07, 6.45) is 2.44. The van der Waals surface area contributed by atoms with Crippen molar-refractivity contribution in [1.82, 2.24) is 0 Å². The molecular weight excluding hydrogens is 1290 g/mol. The predicted molar refractivity (Wildman–Crippen MR) is 275 cm³/mol. The summed E-state index contributed by atoms with van der Waals surface area (Å²) in [7, 11) is -9.86. The Morgan fingerprint density at radius 3 is 0.976 bits per heavy atom. The minimum absolute atomic E-state index is 0. The molecule has 8 aromatic carbocycles. The standard InChI is InChI=1S/2C24H23NO11S3.6Na/c2*1-13(2)24(26)32-10-4-3-9-25-18-11-19(37-35-33-27)15-6-7-16-20(38-36-34-28)12-21(39(29,30)31)17-8-5-14(18)22(15)23(16)17;;;;;;/h2*5-8,11-12,25,27-28H,1,3-4,9-10H2,2H3,(H,29,30,31);;;;;;/q;;6*+1/p-6. The molecule has 0 spiro atoms. The van der Waals surface area contributed by atoms with Crippen molar-refractivity contribution in [3.05, 3.63) is 97.1 Å². The number of hydrogen-bond acceptors (Lipinski definition) is 28. The van der Waals surface area contributed by atoms with Gasteiger partial charge in [-0.2, -0.15) is 17.3 Å². The van der Waals surface area contributed by atoms with Gasteiger partial charge < -0.3 is 50.2 Å². The molecule has 8 rings (SSSR count). The van der Waals surface area contributed by atoms with Crippen LogP contribution in [0.5, 0.6) is 0 Å². The fourth-order valence-corrected chi connectivity index (χ4v) is 12.1. The molecule has 0 heterocycles. The third-order valence-electron chi connectivity index (χ3n) is 11.7. The number of rotatable bonds is 28. The molecule has 2 N–H and O–H groups in total. The van der Waals surface area contributed by atoms with Gasteiger partial charge >= 0.3 is 189 Å². The van der Waals surface area contributed by atoms with Gasteiger partial charge in [0.2, 0.25) is 0 Å². The van der Waals surface area contributed by atoms with E-state index in [1.807, 2.05) is 0 Å². The maximum absolute atomic E-state index is 12.2. The number of hydrogen-bond donors (Lipinski definition) is 2. The summed E-state index contributed by atoms with van der Waals surface area (Å²) in [6.45, 7) is 11.6. The van der Waals surface area contributed by atoms with Gasteiger partial charge in [0, 0.05) is 87.5 Å². The first-order valence-corrected chi connectivity index (χ1v) is 28.3. The van der Waals surface area contributed by atoms with E-state index >= 15 is 0 Å². The molecule has 416 valence electrons. The molecule has 0 bridgehead atoms. The molecule has 8 aromatic rings. The largest absolute Gasteiger partial charge is 1.00 e. The van der Waals surface area contributed by atoms with Crippen LogP contribution in [0.4, 0.5) is 11.4 Å². The van der Waals surface area contributed by atoms with Crippen molar-refractivity contribution in [2.75, 3.05) is 36.9 Å². The van der Waals surface area contributed by atoms with E-state index in [1.165, 1.54) is 12.1 Å². The summed E-state index contributed by atoms with van der Waals surface area (Å²) in [5.74, 6) is -0.914. The normalized spacial score (nSPS) is 11.1. The minimum atomic E-state index is -4.93. The summed E-state index contributed by atoms with van der Waals surface area (Å²) >= 11 is 2.24. The molecule has 0 aliphatic carbocycles. The summed E-state index contributed by atoms with van der Waals surface area (Å²) in [5, 5.41) is 68.4. The van der Waals surface area contributed by atoms with E-state index in [-0.39, 0.29) is 211 Å². The second kappa shape index (κ2) is 39.2. The van der Waals surface area contributed by atoms with E-state index in [9.17, 15) is 56.6 Å². The number of unbranched alkanes of at least 4 members (excludes halogenated alkanes) is 2. The van der Waals surface area contributed by atoms with Gasteiger partial charge in [-0.15, -0.1) is 0 Å². The van der Waals surface area contributed by atoms with Gasteiger partial charge in [-0.3, -0.25) is 20.2 Å². The molecule has 0 radical (unpaired) electrons. The maximum Gasteiger partial charge on any atom is 1.00 e. The zero-order valence-electron chi connectivity index (χ0n) is 46.4. The van der Waals surface area contributed by atoms with Crippen LogP contribution in [0.2, 0.25) is 0 Å². The van der Waals surface area contributed by atoms with Gasteiger partial charge in [-0.05, 0) is 96.1 Å². The van der Waals surface area contributed by atoms with E-state index < -0.39 is 42.0 Å². The molecule has 0 amide bonds. The molecule has 24 nitrogen and oxygen atoms in total. The molecule has 0 aliphatic rings. The second-order valence-electron chi connectivity index (χ2n) is 16.6. The number of anilines is 2. The van der Waals surface area contributed by atoms with Crippen molar-refractivity contribution in [3.63, 3.8) is 0 Å². The van der Waals surface area contributed by atoms with E-state index in [0.29, 0.717) is 173 Å². The molecular formula is C48H40N2Na6O22S6. The van der Waals surface area contributed by atoms with Crippen molar-refractivity contribution < 1.29 is 281 Å². The number of esters is 2. The second-order valence-corrected chi connectivity index (χ2v) is 22.3. The Morgan fingerprint density at radius 1 is 0.440 bits per heavy atom. The van der Waals surface area contributed by atoms with Crippen LogP contribution in [0.15, 0.2) is 126 Å². The van der Waals surface area contributed by atoms with Gasteiger partial charge in [-0.25, -0.2) is 26.4 Å². The Hall–Kier alpha value is 0.600. The van der Waals surface area contributed by atoms with Gasteiger partial charge in [0.15, 0.2) is 0 Å². The Kier molecular flexibility index (Phi) is 38.6. The number of ether oxygens (including phenoxy) is 2. The third kappa shape index (κ3) is 20.8. The third-order valence-corrected chi connectivity index (χ3v) is 16.0. The van der Waals surface area contributed by atoms with Crippen LogP contribution >= 0.6 is 48.2 Å². The van der Waals surface area contributed by atoms with Crippen molar-refractivity contribution >= 4 is 156 Å². The SMILES string of the molecule is C=C(C)C(=O)OCCCCNc1cc(SOO[O-])c2ccc3c(SOO[O-])cc(S(=O)(=O)[O-])c4ccc1c2c34.C=C(C)C(=O)OCCCCNc1cc(SOO[O-])c2ccc3c(SOO[O-])cc(S(=O)(=O)[O-])c4ccc1c2c34.[Na+].[Na+].[Na+].[Na+].[Na+].[Na+]. The van der Waals surface area contributed by atoms with Crippen molar-refractivity contribution in [3.8, 4) is 0 Å². The number of benzene rings is 8. The van der Waals surface area contributed by atoms with Gasteiger partial charge in [0.1, 0.15) is 20.2 Å². The summed E-state index contributed by atoms with van der Waals surface area (Å²) in [6, 6.07) is 18.9. The van der Waals surface area contributed by atoms with Crippen molar-refractivity contribution in [1.29, 1.82) is 0 Å². The van der Waals surface area contributed by atoms with Crippen molar-refractivity contribution in [2.45, 2.75) is 68.9 Å². The fourth-order valence-electron chi connectivity index (χ4n) is 8.45. The fraction of sp³-hybridized carbons (Fsp3) is 0.208. The average Bonchev–Trinajstić information content (AvgIpc) is 3.45. The monoisotopic (exact) mass is 1330 g/mol. The first-order chi connectivity index (χ1) is 37.3. The molecule has 0 unspecified atom stereocenters. The number of carbonyl (C=O) groups is 2. The van der Waals surface area contributed by atoms with E-state index in [4.69, 9.17) is 9.47 Å². The van der Waals surface area contributed by atoms with Crippen LogP contribution in [0.3, 0.4) is 0 Å². The van der Waals surface area contributed by atoms with Crippen LogP contribution < -0.4 is 209 Å². The Balaban J connectivity index is 0.000000784. The van der Waals surface area contributed by atoms with Gasteiger partial charge in [0.05, 0.1) is 71.2 Å².